The molecule has 1 nitrogen and oxygen atoms in total. The number of hydrogen-bond acceptors (Lipinski definition) is 1. The van der Waals surface area contributed by atoms with E-state index in [0.717, 1.165) is 34.2 Å². The quantitative estimate of drug-likeness (QED) is 0.386. The van der Waals surface area contributed by atoms with Crippen LogP contribution in [0.15, 0.2) is 36.4 Å². The van der Waals surface area contributed by atoms with Crippen LogP contribution in [0.2, 0.25) is 0 Å². The number of aromatic nitrogens is 1. The summed E-state index contributed by atoms with van der Waals surface area (Å²) in [7, 11) is 0. The molecule has 3 aromatic rings. The molecule has 1 aromatic heterocycles. The van der Waals surface area contributed by atoms with Crippen LogP contribution >= 0.6 is 0 Å². The van der Waals surface area contributed by atoms with Gasteiger partial charge in [0.25, 0.3) is 0 Å². The van der Waals surface area contributed by atoms with E-state index in [2.05, 4.69) is 11.1 Å². The van der Waals surface area contributed by atoms with Crippen molar-refractivity contribution in [1.82, 2.24) is 4.98 Å². The summed E-state index contributed by atoms with van der Waals surface area (Å²) in [4.78, 5) is 4.46. The molecular weight excluding hydrogens is 448 g/mol. The molecule has 0 aliphatic heterocycles. The molecule has 0 saturated heterocycles. The molecule has 0 amide bonds. The van der Waals surface area contributed by atoms with Gasteiger partial charge in [-0.3, -0.25) is 13.8 Å². The fourth-order valence-electron chi connectivity index (χ4n) is 2.57. The van der Waals surface area contributed by atoms with Crippen molar-refractivity contribution in [3.63, 3.8) is 0 Å². The molecule has 0 spiro atoms. The summed E-state index contributed by atoms with van der Waals surface area (Å²) >= 11 is 0. The molecule has 2 aromatic carbocycles. The average molecular weight is 456 g/mol. The zero-order valence-corrected chi connectivity index (χ0v) is 13.1. The van der Waals surface area contributed by atoms with E-state index in [4.69, 9.17) is 0 Å². The molecule has 0 bridgehead atoms. The molecule has 21 heavy (non-hydrogen) atoms. The minimum atomic E-state index is -0.651. The summed E-state index contributed by atoms with van der Waals surface area (Å²) in [6.45, 7) is 0. The number of pyridine rings is 1. The van der Waals surface area contributed by atoms with Gasteiger partial charge in [0.05, 0.1) is 5.52 Å². The van der Waals surface area contributed by atoms with E-state index in [9.17, 15) is 8.78 Å². The largest absolute Gasteiger partial charge is 0.296 e. The van der Waals surface area contributed by atoms with Crippen LogP contribution in [-0.4, -0.2) is 4.98 Å². The van der Waals surface area contributed by atoms with Crippen LogP contribution in [0.1, 0.15) is 11.1 Å². The van der Waals surface area contributed by atoms with Gasteiger partial charge in [-0.25, -0.2) is 0 Å². The third-order valence-electron chi connectivity index (χ3n) is 3.45. The van der Waals surface area contributed by atoms with Crippen LogP contribution in [0.25, 0.3) is 34.3 Å². The third kappa shape index (κ3) is 2.21. The Kier molecular flexibility index (Phi) is 3.44. The number of benzene rings is 2. The van der Waals surface area contributed by atoms with Gasteiger partial charge in [-0.15, -0.1) is 12.1 Å². The summed E-state index contributed by atoms with van der Waals surface area (Å²) in [6, 6.07) is 12.2. The van der Waals surface area contributed by atoms with Crippen molar-refractivity contribution in [3.05, 3.63) is 65.2 Å². The van der Waals surface area contributed by atoms with Gasteiger partial charge in [0.1, 0.15) is 0 Å². The number of hydrogen-bond donors (Lipinski definition) is 0. The minimum Gasteiger partial charge on any atom is -0.296 e. The second-order valence-electron chi connectivity index (χ2n) is 4.71. The van der Waals surface area contributed by atoms with Crippen LogP contribution < -0.4 is 0 Å². The van der Waals surface area contributed by atoms with E-state index >= 15 is 0 Å². The SMILES string of the molecule is Fc1c[c-]c(-c2cc3c4c(cccc4n2)C=C3)c(F)c1.[Ir]. The van der Waals surface area contributed by atoms with Crippen molar-refractivity contribution < 1.29 is 28.9 Å². The van der Waals surface area contributed by atoms with E-state index in [1.165, 1.54) is 0 Å². The molecule has 105 valence electrons. The fourth-order valence-corrected chi connectivity index (χ4v) is 2.57. The maximum Gasteiger partial charge on any atom is 0.0607 e. The Morgan fingerprint density at radius 1 is 1.00 bits per heavy atom. The Hall–Kier alpha value is -1.90. The molecule has 0 atom stereocenters. The van der Waals surface area contributed by atoms with Crippen LogP contribution in [-0.2, 0) is 20.1 Å². The molecule has 0 N–H and O–H groups in total. The van der Waals surface area contributed by atoms with Crippen molar-refractivity contribution in [2.45, 2.75) is 0 Å². The standard InChI is InChI=1S/C17H8F2N.Ir/c18-12-6-7-13(14(19)9-12)16-8-11-5-4-10-2-1-3-15(20-16)17(10)11;/h1-6,8-9H;/q-1;. The maximum absolute atomic E-state index is 13.9. The maximum atomic E-state index is 13.9. The number of rotatable bonds is 1. The first-order valence-corrected chi connectivity index (χ1v) is 6.21. The molecule has 4 rings (SSSR count). The zero-order chi connectivity index (χ0) is 13.7. The Bertz CT molecular complexity index is 887. The summed E-state index contributed by atoms with van der Waals surface area (Å²) in [6.07, 6.45) is 3.98. The smallest absolute Gasteiger partial charge is 0.0607 e. The van der Waals surface area contributed by atoms with Crippen molar-refractivity contribution in [1.29, 1.82) is 0 Å². The van der Waals surface area contributed by atoms with Crippen molar-refractivity contribution in [2.75, 3.05) is 0 Å². The summed E-state index contributed by atoms with van der Waals surface area (Å²) in [5.41, 5.74) is 3.57. The van der Waals surface area contributed by atoms with E-state index in [1.807, 2.05) is 36.4 Å². The summed E-state index contributed by atoms with van der Waals surface area (Å²) < 4.78 is 26.8. The summed E-state index contributed by atoms with van der Waals surface area (Å²) in [5.74, 6) is -1.29. The number of nitrogens with zero attached hydrogens (tertiary/aromatic N) is 1. The first-order valence-electron chi connectivity index (χ1n) is 6.21. The van der Waals surface area contributed by atoms with E-state index in [-0.39, 0.29) is 25.7 Å². The van der Waals surface area contributed by atoms with Gasteiger partial charge in [-0.2, -0.15) is 0 Å². The topological polar surface area (TPSA) is 12.9 Å². The van der Waals surface area contributed by atoms with Gasteiger partial charge in [0.15, 0.2) is 0 Å². The van der Waals surface area contributed by atoms with Gasteiger partial charge in [-0.05, 0) is 22.9 Å². The molecule has 4 heteroatoms. The molecule has 0 fully saturated rings. The van der Waals surface area contributed by atoms with Crippen LogP contribution in [0.3, 0.4) is 0 Å². The van der Waals surface area contributed by atoms with Crippen LogP contribution in [0, 0.1) is 17.7 Å². The van der Waals surface area contributed by atoms with Gasteiger partial charge in [-0.1, -0.05) is 42.0 Å². The normalized spacial score (nSPS) is 11.7. The second-order valence-corrected chi connectivity index (χ2v) is 4.71. The van der Waals surface area contributed by atoms with Crippen molar-refractivity contribution in [3.8, 4) is 11.3 Å². The Morgan fingerprint density at radius 3 is 2.62 bits per heavy atom. The average Bonchev–Trinajstić information content (AvgIpc) is 2.84. The molecule has 1 aliphatic carbocycles. The Balaban J connectivity index is 0.00000132. The van der Waals surface area contributed by atoms with Crippen LogP contribution in [0.4, 0.5) is 8.78 Å². The van der Waals surface area contributed by atoms with Gasteiger partial charge in [0.2, 0.25) is 0 Å². The molecule has 0 unspecified atom stereocenters. The minimum absolute atomic E-state index is 0. The third-order valence-corrected chi connectivity index (χ3v) is 3.45. The Morgan fingerprint density at radius 2 is 1.81 bits per heavy atom. The first kappa shape index (κ1) is 14.1. The fraction of sp³-hybridized carbons (Fsp3) is 0. The van der Waals surface area contributed by atoms with E-state index < -0.39 is 11.6 Å². The van der Waals surface area contributed by atoms with E-state index in [1.54, 1.807) is 0 Å². The number of halogens is 2. The predicted octanol–water partition coefficient (Wildman–Crippen LogP) is 4.46. The first-order chi connectivity index (χ1) is 9.72. The second kappa shape index (κ2) is 5.14. The molecule has 1 heterocycles. The monoisotopic (exact) mass is 457 g/mol. The van der Waals surface area contributed by atoms with Crippen molar-refractivity contribution in [2.24, 2.45) is 0 Å². The van der Waals surface area contributed by atoms with Gasteiger partial charge in [0, 0.05) is 37.1 Å². The van der Waals surface area contributed by atoms with Gasteiger partial charge < -0.3 is 0 Å². The van der Waals surface area contributed by atoms with Crippen LogP contribution in [0.5, 0.6) is 0 Å². The van der Waals surface area contributed by atoms with Gasteiger partial charge >= 0.3 is 0 Å². The molecule has 1 radical (unpaired) electrons. The summed E-state index contributed by atoms with van der Waals surface area (Å²) in [5, 5.41) is 1.07. The van der Waals surface area contributed by atoms with Crippen molar-refractivity contribution >= 4 is 23.1 Å². The Labute approximate surface area is 133 Å². The predicted molar refractivity (Wildman–Crippen MR) is 74.9 cm³/mol. The van der Waals surface area contributed by atoms with E-state index in [0.29, 0.717) is 5.69 Å². The zero-order valence-electron chi connectivity index (χ0n) is 10.7. The molecular formula is C17H8F2IrN-. The molecule has 0 saturated carbocycles. The molecule has 1 aliphatic rings.